The summed E-state index contributed by atoms with van der Waals surface area (Å²) in [4.78, 5) is 11.1. The third kappa shape index (κ3) is 3.00. The molecule has 1 aliphatic rings. The van der Waals surface area contributed by atoms with Crippen molar-refractivity contribution in [2.75, 3.05) is 0 Å². The highest BCUT2D eigenvalue weighted by atomic mass is 32.2. The van der Waals surface area contributed by atoms with Crippen LogP contribution in [0.1, 0.15) is 23.2 Å². The quantitative estimate of drug-likeness (QED) is 0.821. The topological polar surface area (TPSA) is 89.3 Å². The van der Waals surface area contributed by atoms with Gasteiger partial charge in [-0.25, -0.2) is 17.9 Å². The fourth-order valence-corrected chi connectivity index (χ4v) is 2.27. The number of carbonyl (C=O) groups excluding carboxylic acids is 1. The summed E-state index contributed by atoms with van der Waals surface area (Å²) in [5.74, 6) is -2.53. The molecule has 1 aliphatic carbocycles. The van der Waals surface area contributed by atoms with E-state index in [1.54, 1.807) is 5.32 Å². The molecule has 21 heavy (non-hydrogen) atoms. The van der Waals surface area contributed by atoms with E-state index in [2.05, 4.69) is 0 Å². The van der Waals surface area contributed by atoms with Gasteiger partial charge in [-0.1, -0.05) is 0 Å². The van der Waals surface area contributed by atoms with Crippen molar-refractivity contribution in [3.63, 3.8) is 0 Å². The summed E-state index contributed by atoms with van der Waals surface area (Å²) in [6.45, 7) is 0. The Morgan fingerprint density at radius 2 is 1.86 bits per heavy atom. The lowest BCUT2D eigenvalue weighted by atomic mass is 10.1. The van der Waals surface area contributed by atoms with Crippen molar-refractivity contribution in [3.8, 4) is 0 Å². The van der Waals surface area contributed by atoms with E-state index in [1.165, 1.54) is 0 Å². The van der Waals surface area contributed by atoms with Crippen LogP contribution in [0.4, 0.5) is 17.6 Å². The molecule has 0 aromatic heterocycles. The lowest BCUT2D eigenvalue weighted by molar-refractivity contribution is -0.163. The molecule has 0 atom stereocenters. The maximum atomic E-state index is 13.7. The molecule has 0 aliphatic heterocycles. The van der Waals surface area contributed by atoms with Gasteiger partial charge in [0.1, 0.15) is 11.4 Å². The number of rotatable bonds is 3. The molecule has 0 saturated heterocycles. The minimum atomic E-state index is -4.63. The van der Waals surface area contributed by atoms with Gasteiger partial charge in [-0.2, -0.15) is 13.2 Å². The Labute approximate surface area is 117 Å². The summed E-state index contributed by atoms with van der Waals surface area (Å²) in [5.41, 5.74) is -3.01. The van der Waals surface area contributed by atoms with Crippen LogP contribution in [0.2, 0.25) is 0 Å². The van der Waals surface area contributed by atoms with Gasteiger partial charge >= 0.3 is 6.18 Å². The van der Waals surface area contributed by atoms with E-state index >= 15 is 0 Å². The average molecular weight is 326 g/mol. The van der Waals surface area contributed by atoms with E-state index in [1.807, 2.05) is 0 Å². The number of alkyl halides is 3. The SMILES string of the molecule is NS(=O)(=O)c1ccc(C(=O)NC2(C(F)(F)F)CC2)c(F)c1. The van der Waals surface area contributed by atoms with Gasteiger partial charge in [0.05, 0.1) is 10.5 Å². The molecule has 0 spiro atoms. The maximum absolute atomic E-state index is 13.7. The van der Waals surface area contributed by atoms with Gasteiger partial charge in [-0.15, -0.1) is 0 Å². The lowest BCUT2D eigenvalue weighted by Crippen LogP contribution is -2.48. The molecule has 0 bridgehead atoms. The number of nitrogens with two attached hydrogens (primary N) is 1. The van der Waals surface area contributed by atoms with Crippen molar-refractivity contribution >= 4 is 15.9 Å². The average Bonchev–Trinajstić information content (AvgIpc) is 3.07. The second-order valence-electron chi connectivity index (χ2n) is 4.72. The summed E-state index contributed by atoms with van der Waals surface area (Å²) in [6, 6.07) is 2.11. The zero-order valence-corrected chi connectivity index (χ0v) is 11.2. The van der Waals surface area contributed by atoms with Crippen LogP contribution in [0.15, 0.2) is 23.1 Å². The van der Waals surface area contributed by atoms with E-state index < -0.39 is 43.9 Å². The predicted octanol–water partition coefficient (Wildman–Crippen LogP) is 1.30. The van der Waals surface area contributed by atoms with E-state index in [-0.39, 0.29) is 12.8 Å². The molecule has 1 saturated carbocycles. The van der Waals surface area contributed by atoms with Gasteiger partial charge in [0.25, 0.3) is 5.91 Å². The largest absolute Gasteiger partial charge is 0.411 e. The third-order valence-electron chi connectivity index (χ3n) is 3.16. The lowest BCUT2D eigenvalue weighted by Gasteiger charge is -2.20. The van der Waals surface area contributed by atoms with Crippen LogP contribution in [0.5, 0.6) is 0 Å². The van der Waals surface area contributed by atoms with Crippen LogP contribution in [-0.2, 0) is 10.0 Å². The van der Waals surface area contributed by atoms with Crippen molar-refractivity contribution < 1.29 is 30.8 Å². The molecule has 1 fully saturated rings. The van der Waals surface area contributed by atoms with Crippen LogP contribution >= 0.6 is 0 Å². The standard InChI is InChI=1S/C11H10F4N2O3S/c12-8-5-6(21(16,19)20)1-2-7(8)9(18)17-10(3-4-10)11(13,14)15/h1-2,5H,3-4H2,(H,17,18)(H2,16,19,20). The molecule has 10 heteroatoms. The van der Waals surface area contributed by atoms with Gasteiger partial charge in [0, 0.05) is 0 Å². The van der Waals surface area contributed by atoms with Gasteiger partial charge in [0.15, 0.2) is 0 Å². The molecule has 0 unspecified atom stereocenters. The first-order chi connectivity index (χ1) is 9.46. The second kappa shape index (κ2) is 4.67. The zero-order valence-electron chi connectivity index (χ0n) is 10.4. The van der Waals surface area contributed by atoms with Crippen LogP contribution in [-0.4, -0.2) is 26.0 Å². The predicted molar refractivity (Wildman–Crippen MR) is 63.3 cm³/mol. The second-order valence-corrected chi connectivity index (χ2v) is 6.28. The number of hydrogen-bond acceptors (Lipinski definition) is 3. The van der Waals surface area contributed by atoms with Gasteiger partial charge in [-0.3, -0.25) is 4.79 Å². The minimum Gasteiger partial charge on any atom is -0.338 e. The van der Waals surface area contributed by atoms with E-state index in [0.29, 0.717) is 6.07 Å². The number of sulfonamides is 1. The van der Waals surface area contributed by atoms with Gasteiger partial charge in [-0.05, 0) is 31.0 Å². The van der Waals surface area contributed by atoms with E-state index in [4.69, 9.17) is 5.14 Å². The first kappa shape index (κ1) is 15.7. The smallest absolute Gasteiger partial charge is 0.338 e. The molecular weight excluding hydrogens is 316 g/mol. The molecule has 2 rings (SSSR count). The first-order valence-electron chi connectivity index (χ1n) is 5.68. The zero-order chi connectivity index (χ0) is 16.1. The monoisotopic (exact) mass is 326 g/mol. The number of benzene rings is 1. The number of nitrogens with one attached hydrogen (secondary N) is 1. The fourth-order valence-electron chi connectivity index (χ4n) is 1.75. The van der Waals surface area contributed by atoms with Crippen molar-refractivity contribution in [1.29, 1.82) is 0 Å². The van der Waals surface area contributed by atoms with Crippen molar-refractivity contribution in [2.45, 2.75) is 29.5 Å². The van der Waals surface area contributed by atoms with E-state index in [9.17, 15) is 30.8 Å². The van der Waals surface area contributed by atoms with Crippen LogP contribution in [0.3, 0.4) is 0 Å². The summed E-state index contributed by atoms with van der Waals surface area (Å²) in [5, 5.41) is 6.51. The maximum Gasteiger partial charge on any atom is 0.411 e. The van der Waals surface area contributed by atoms with Crippen LogP contribution < -0.4 is 10.5 Å². The number of halogens is 4. The molecule has 0 heterocycles. The van der Waals surface area contributed by atoms with Gasteiger partial charge in [0.2, 0.25) is 10.0 Å². The summed E-state index contributed by atoms with van der Waals surface area (Å²) in [7, 11) is -4.17. The Balaban J connectivity index is 2.26. The van der Waals surface area contributed by atoms with Crippen LogP contribution in [0, 0.1) is 5.82 Å². The number of primary sulfonamides is 1. The molecule has 116 valence electrons. The molecule has 1 aromatic carbocycles. The van der Waals surface area contributed by atoms with Crippen molar-refractivity contribution in [2.24, 2.45) is 5.14 Å². The number of carbonyl (C=O) groups is 1. The molecule has 1 aromatic rings. The molecule has 1 amide bonds. The normalized spacial score (nSPS) is 17.4. The summed E-state index contributed by atoms with van der Waals surface area (Å²) in [6.07, 6.45) is -5.18. The Morgan fingerprint density at radius 3 is 2.24 bits per heavy atom. The highest BCUT2D eigenvalue weighted by Gasteiger charge is 2.64. The van der Waals surface area contributed by atoms with E-state index in [0.717, 1.165) is 12.1 Å². The fraction of sp³-hybridized carbons (Fsp3) is 0.364. The summed E-state index contributed by atoms with van der Waals surface area (Å²) >= 11 is 0. The number of hydrogen-bond donors (Lipinski definition) is 2. The Bertz CT molecular complexity index is 696. The van der Waals surface area contributed by atoms with Crippen molar-refractivity contribution in [1.82, 2.24) is 5.32 Å². The van der Waals surface area contributed by atoms with Gasteiger partial charge < -0.3 is 5.32 Å². The molecule has 3 N–H and O–H groups in total. The molecule has 5 nitrogen and oxygen atoms in total. The third-order valence-corrected chi connectivity index (χ3v) is 4.07. The highest BCUT2D eigenvalue weighted by molar-refractivity contribution is 7.89. The Hall–Kier alpha value is -1.68. The first-order valence-corrected chi connectivity index (χ1v) is 7.22. The Morgan fingerprint density at radius 1 is 1.29 bits per heavy atom. The molecule has 0 radical (unpaired) electrons. The van der Waals surface area contributed by atoms with Crippen LogP contribution in [0.25, 0.3) is 0 Å². The number of amides is 1. The summed E-state index contributed by atoms with van der Waals surface area (Å²) < 4.78 is 73.7. The Kier molecular flexibility index (Phi) is 3.49. The van der Waals surface area contributed by atoms with Crippen molar-refractivity contribution in [3.05, 3.63) is 29.6 Å². The minimum absolute atomic E-state index is 0.279. The highest BCUT2D eigenvalue weighted by Crippen LogP contribution is 2.49. The molecular formula is C11H10F4N2O3S.